The van der Waals surface area contributed by atoms with Crippen LogP contribution in [-0.2, 0) is 9.59 Å². The molecular weight excluding hydrogens is 472 g/mol. The Labute approximate surface area is 229 Å². The van der Waals surface area contributed by atoms with Crippen molar-refractivity contribution in [2.75, 3.05) is 25.4 Å². The average Bonchev–Trinajstić information content (AvgIpc) is 2.85. The zero-order valence-corrected chi connectivity index (χ0v) is 24.8. The van der Waals surface area contributed by atoms with Gasteiger partial charge in [-0.3, -0.25) is 9.59 Å². The first kappa shape index (κ1) is 39.7. The molecule has 36 heavy (non-hydrogen) atoms. The summed E-state index contributed by atoms with van der Waals surface area (Å²) in [5, 5.41) is 20.0. The van der Waals surface area contributed by atoms with Gasteiger partial charge in [-0.2, -0.15) is 12.6 Å². The summed E-state index contributed by atoms with van der Waals surface area (Å²) in [4.78, 5) is 20.4. The van der Waals surface area contributed by atoms with E-state index >= 15 is 0 Å². The molecule has 7 heteroatoms. The van der Waals surface area contributed by atoms with Gasteiger partial charge in [0.05, 0.1) is 0 Å². The molecule has 6 nitrogen and oxygen atoms in total. The minimum atomic E-state index is -0.659. The van der Waals surface area contributed by atoms with Gasteiger partial charge in [0.25, 0.3) is 0 Å². The van der Waals surface area contributed by atoms with Crippen LogP contribution < -0.4 is 11.1 Å². The lowest BCUT2D eigenvalue weighted by molar-refractivity contribution is -0.138. The Kier molecular flexibility index (Phi) is 42.7. The van der Waals surface area contributed by atoms with Gasteiger partial charge < -0.3 is 21.3 Å². The van der Waals surface area contributed by atoms with Gasteiger partial charge in [0.2, 0.25) is 0 Å². The molecule has 0 aliphatic heterocycles. The van der Waals surface area contributed by atoms with E-state index in [4.69, 9.17) is 15.9 Å². The SMILES string of the molecule is CCCCCCCCCCCC(=O)O.CCCCCCCCCCCC(=O)O.NCCCNCCS. The second kappa shape index (κ2) is 38.7. The van der Waals surface area contributed by atoms with Crippen LogP contribution >= 0.6 is 12.6 Å². The van der Waals surface area contributed by atoms with E-state index in [9.17, 15) is 9.59 Å². The molecule has 0 amide bonds. The standard InChI is InChI=1S/2C12H24O2.C5H14N2S/c2*1-2-3-4-5-6-7-8-9-10-11-12(13)14;6-2-1-3-7-4-5-8/h2*2-11H2,1H3,(H,13,14);7-8H,1-6H2. The average molecular weight is 535 g/mol. The molecular formula is C29H62N2O4S. The molecule has 0 bridgehead atoms. The summed E-state index contributed by atoms with van der Waals surface area (Å²) in [6, 6.07) is 0. The number of aliphatic carboxylic acids is 2. The van der Waals surface area contributed by atoms with Crippen molar-refractivity contribution in [3.05, 3.63) is 0 Å². The summed E-state index contributed by atoms with van der Waals surface area (Å²) in [6.45, 7) is 7.25. The molecule has 5 N–H and O–H groups in total. The molecule has 0 saturated heterocycles. The van der Waals surface area contributed by atoms with Gasteiger partial charge in [0.1, 0.15) is 0 Å². The van der Waals surface area contributed by atoms with Crippen LogP contribution in [0.15, 0.2) is 0 Å². The molecule has 0 fully saturated rings. The van der Waals surface area contributed by atoms with Gasteiger partial charge in [-0.05, 0) is 32.4 Å². The zero-order chi connectivity index (χ0) is 27.5. The number of nitrogens with one attached hydrogen (secondary N) is 1. The number of thiol groups is 1. The van der Waals surface area contributed by atoms with Crippen LogP contribution in [0, 0.1) is 0 Å². The van der Waals surface area contributed by atoms with E-state index in [1.807, 2.05) is 0 Å². The van der Waals surface area contributed by atoms with Crippen LogP contribution in [0.4, 0.5) is 0 Å². The quantitative estimate of drug-likeness (QED) is 0.0602. The number of carboxylic acid groups (broad SMARTS) is 2. The Bertz CT molecular complexity index is 388. The molecule has 0 atom stereocenters. The Morgan fingerprint density at radius 3 is 1.19 bits per heavy atom. The van der Waals surface area contributed by atoms with E-state index < -0.39 is 11.9 Å². The minimum Gasteiger partial charge on any atom is -0.481 e. The van der Waals surface area contributed by atoms with Gasteiger partial charge in [-0.15, -0.1) is 0 Å². The van der Waals surface area contributed by atoms with Crippen LogP contribution in [0.2, 0.25) is 0 Å². The van der Waals surface area contributed by atoms with Gasteiger partial charge in [-0.1, -0.05) is 117 Å². The first-order valence-corrected chi connectivity index (χ1v) is 15.5. The van der Waals surface area contributed by atoms with Crippen LogP contribution in [0.5, 0.6) is 0 Å². The third kappa shape index (κ3) is 50.2. The summed E-state index contributed by atoms with van der Waals surface area (Å²) < 4.78 is 0. The first-order chi connectivity index (χ1) is 17.5. The lowest BCUT2D eigenvalue weighted by atomic mass is 10.1. The van der Waals surface area contributed by atoms with Gasteiger partial charge in [0, 0.05) is 25.1 Å². The molecule has 0 saturated carbocycles. The predicted octanol–water partition coefficient (Wildman–Crippen LogP) is 7.84. The van der Waals surface area contributed by atoms with Crippen molar-refractivity contribution in [1.29, 1.82) is 0 Å². The number of hydrogen-bond acceptors (Lipinski definition) is 5. The Hall–Kier alpha value is -0.790. The van der Waals surface area contributed by atoms with Crippen molar-refractivity contribution < 1.29 is 19.8 Å². The van der Waals surface area contributed by atoms with Crippen molar-refractivity contribution >= 4 is 24.6 Å². The van der Waals surface area contributed by atoms with Gasteiger partial charge in [-0.25, -0.2) is 0 Å². The molecule has 0 radical (unpaired) electrons. The first-order valence-electron chi connectivity index (χ1n) is 14.9. The van der Waals surface area contributed by atoms with Crippen LogP contribution in [0.3, 0.4) is 0 Å². The van der Waals surface area contributed by atoms with E-state index in [0.29, 0.717) is 12.8 Å². The maximum atomic E-state index is 10.2. The van der Waals surface area contributed by atoms with Gasteiger partial charge in [0.15, 0.2) is 0 Å². The molecule has 0 heterocycles. The summed E-state index contributed by atoms with van der Waals surface area (Å²) in [5.41, 5.74) is 5.25. The van der Waals surface area contributed by atoms with Gasteiger partial charge >= 0.3 is 11.9 Å². The maximum Gasteiger partial charge on any atom is 0.303 e. The maximum absolute atomic E-state index is 10.2. The smallest absolute Gasteiger partial charge is 0.303 e. The number of unbranched alkanes of at least 4 members (excludes halogenated alkanes) is 16. The van der Waals surface area contributed by atoms with E-state index in [1.165, 1.54) is 89.9 Å². The third-order valence-corrected chi connectivity index (χ3v) is 6.06. The Morgan fingerprint density at radius 2 is 0.917 bits per heavy atom. The highest BCUT2D eigenvalue weighted by atomic mass is 32.1. The molecule has 0 aliphatic rings. The number of carboxylic acids is 2. The molecule has 0 aromatic carbocycles. The second-order valence-electron chi connectivity index (χ2n) is 9.56. The molecule has 0 aromatic heterocycles. The highest BCUT2D eigenvalue weighted by molar-refractivity contribution is 7.80. The Morgan fingerprint density at radius 1 is 0.583 bits per heavy atom. The van der Waals surface area contributed by atoms with E-state index in [1.54, 1.807) is 0 Å². The summed E-state index contributed by atoms with van der Waals surface area (Å²) in [7, 11) is 0. The molecule has 0 rings (SSSR count). The van der Waals surface area contributed by atoms with E-state index in [-0.39, 0.29) is 0 Å². The lowest BCUT2D eigenvalue weighted by Crippen LogP contribution is -2.20. The monoisotopic (exact) mass is 534 g/mol. The number of rotatable bonds is 25. The largest absolute Gasteiger partial charge is 0.481 e. The summed E-state index contributed by atoms with van der Waals surface area (Å²) in [6.07, 6.45) is 24.0. The second-order valence-corrected chi connectivity index (χ2v) is 10.0. The van der Waals surface area contributed by atoms with Crippen LogP contribution in [-0.4, -0.2) is 47.5 Å². The predicted molar refractivity (Wildman–Crippen MR) is 159 cm³/mol. The lowest BCUT2D eigenvalue weighted by Gasteiger charge is -2.00. The molecule has 0 aliphatic carbocycles. The molecule has 0 unspecified atom stereocenters. The van der Waals surface area contributed by atoms with Crippen molar-refractivity contribution in [1.82, 2.24) is 5.32 Å². The van der Waals surface area contributed by atoms with E-state index in [0.717, 1.165) is 57.5 Å². The van der Waals surface area contributed by atoms with Crippen molar-refractivity contribution in [2.24, 2.45) is 5.73 Å². The highest BCUT2D eigenvalue weighted by Crippen LogP contribution is 2.11. The number of hydrogen-bond donors (Lipinski definition) is 5. The van der Waals surface area contributed by atoms with E-state index in [2.05, 4.69) is 31.8 Å². The molecule has 218 valence electrons. The summed E-state index contributed by atoms with van der Waals surface area (Å²) >= 11 is 4.03. The number of nitrogens with two attached hydrogens (primary N) is 1. The summed E-state index contributed by atoms with van der Waals surface area (Å²) in [5.74, 6) is -0.411. The fourth-order valence-electron chi connectivity index (χ4n) is 3.60. The van der Waals surface area contributed by atoms with Crippen LogP contribution in [0.25, 0.3) is 0 Å². The molecule has 0 aromatic rings. The Balaban J connectivity index is -0.000000472. The third-order valence-electron chi connectivity index (χ3n) is 5.83. The fourth-order valence-corrected chi connectivity index (χ4v) is 3.76. The van der Waals surface area contributed by atoms with Crippen molar-refractivity contribution in [3.8, 4) is 0 Å². The normalized spacial score (nSPS) is 10.2. The fraction of sp³-hybridized carbons (Fsp3) is 0.931. The topological polar surface area (TPSA) is 113 Å². The van der Waals surface area contributed by atoms with Crippen LogP contribution in [0.1, 0.15) is 149 Å². The molecule has 0 spiro atoms. The van der Waals surface area contributed by atoms with Crippen molar-refractivity contribution in [2.45, 2.75) is 149 Å². The zero-order valence-electron chi connectivity index (χ0n) is 23.9. The number of carbonyl (C=O) groups is 2. The van der Waals surface area contributed by atoms with Crippen molar-refractivity contribution in [3.63, 3.8) is 0 Å². The minimum absolute atomic E-state index is 0.343. The highest BCUT2D eigenvalue weighted by Gasteiger charge is 1.97.